The third-order valence-corrected chi connectivity index (χ3v) is 5.57. The van der Waals surface area contributed by atoms with Gasteiger partial charge < -0.3 is 10.3 Å². The Kier molecular flexibility index (Phi) is 3.74. The van der Waals surface area contributed by atoms with E-state index >= 15 is 8.78 Å². The molecule has 0 atom stereocenters. The van der Waals surface area contributed by atoms with Gasteiger partial charge in [-0.2, -0.15) is 5.26 Å². The molecule has 3 heterocycles. The quantitative estimate of drug-likeness (QED) is 0.503. The van der Waals surface area contributed by atoms with Crippen molar-refractivity contribution in [2.45, 2.75) is 32.7 Å². The number of benzene rings is 2. The average molecular weight is 404 g/mol. The lowest BCUT2D eigenvalue weighted by Gasteiger charge is -2.34. The van der Waals surface area contributed by atoms with Crippen LogP contribution < -0.4 is 5.32 Å². The molecule has 2 aromatic heterocycles. The van der Waals surface area contributed by atoms with Crippen molar-refractivity contribution in [2.75, 3.05) is 5.32 Å². The number of fused-ring (bicyclic) bond motifs is 4. The Balaban J connectivity index is 1.85. The number of halogens is 2. The summed E-state index contributed by atoms with van der Waals surface area (Å²) in [6.45, 7) is 5.70. The molecule has 0 radical (unpaired) electrons. The molecule has 5 rings (SSSR count). The topological polar surface area (TPSA) is 82.3 Å². The molecule has 4 aromatic rings. The van der Waals surface area contributed by atoms with Crippen LogP contribution in [0.25, 0.3) is 27.7 Å². The predicted octanol–water partition coefficient (Wildman–Crippen LogP) is 4.79. The monoisotopic (exact) mass is 404 g/mol. The third kappa shape index (κ3) is 2.32. The highest BCUT2D eigenvalue weighted by Gasteiger charge is 2.37. The van der Waals surface area contributed by atoms with Gasteiger partial charge in [-0.25, -0.2) is 8.78 Å². The number of nitriles is 1. The molecule has 0 fully saturated rings. The number of hydrogen-bond acceptors (Lipinski definition) is 4. The first-order valence-electron chi connectivity index (χ1n) is 9.63. The number of H-pyrrole nitrogens is 1. The number of hydrogen-bond donors (Lipinski definition) is 2. The van der Waals surface area contributed by atoms with Crippen LogP contribution in [0, 0.1) is 23.0 Å². The molecule has 1 aliphatic rings. The van der Waals surface area contributed by atoms with Crippen molar-refractivity contribution in [1.29, 1.82) is 5.26 Å². The van der Waals surface area contributed by atoms with Crippen LogP contribution in [0.4, 0.5) is 14.5 Å². The van der Waals surface area contributed by atoms with Crippen LogP contribution in [-0.2, 0) is 12.0 Å². The van der Waals surface area contributed by atoms with Crippen LogP contribution in [0.3, 0.4) is 0 Å². The van der Waals surface area contributed by atoms with Gasteiger partial charge in [0.1, 0.15) is 23.4 Å². The fourth-order valence-electron chi connectivity index (χ4n) is 4.20. The molecule has 30 heavy (non-hydrogen) atoms. The van der Waals surface area contributed by atoms with E-state index in [9.17, 15) is 5.26 Å². The molecule has 0 saturated carbocycles. The maximum Gasteiger partial charge on any atom is 0.162 e. The molecule has 0 spiro atoms. The van der Waals surface area contributed by atoms with Crippen molar-refractivity contribution >= 4 is 16.6 Å². The molecule has 1 aliphatic heterocycles. The highest BCUT2D eigenvalue weighted by Crippen LogP contribution is 2.43. The maximum atomic E-state index is 16.0. The Bertz CT molecular complexity index is 1370. The van der Waals surface area contributed by atoms with Gasteiger partial charge in [0.25, 0.3) is 0 Å². The van der Waals surface area contributed by atoms with Gasteiger partial charge in [-0.1, -0.05) is 25.1 Å². The molecular formula is C22H18F2N6. The van der Waals surface area contributed by atoms with Crippen LogP contribution in [-0.4, -0.2) is 19.7 Å². The lowest BCUT2D eigenvalue weighted by atomic mass is 9.95. The van der Waals surface area contributed by atoms with Crippen LogP contribution in [0.2, 0.25) is 0 Å². The summed E-state index contributed by atoms with van der Waals surface area (Å²) >= 11 is 0. The summed E-state index contributed by atoms with van der Waals surface area (Å²) in [7, 11) is 0. The first-order chi connectivity index (χ1) is 14.4. The van der Waals surface area contributed by atoms with Gasteiger partial charge in [0, 0.05) is 29.6 Å². The Hall–Kier alpha value is -3.73. The third-order valence-electron chi connectivity index (χ3n) is 5.57. The number of nitrogens with one attached hydrogen (secondary N) is 2. The zero-order valence-corrected chi connectivity index (χ0v) is 16.6. The number of rotatable bonds is 2. The second kappa shape index (κ2) is 6.13. The first kappa shape index (κ1) is 18.3. The van der Waals surface area contributed by atoms with Gasteiger partial charge in [0.2, 0.25) is 0 Å². The van der Waals surface area contributed by atoms with E-state index in [0.717, 1.165) is 0 Å². The standard InChI is InChI=1S/C22H18F2N6/c1-4-16-28-29-21-22(2,3)27-15-8-14(23)17(18(24)20(15)30(16)21)13-7-5-6-12-11(9-25)10-26-19(12)13/h5-8,10,26-27H,4H2,1-3H3. The molecule has 0 saturated heterocycles. The maximum absolute atomic E-state index is 16.0. The second-order valence-corrected chi connectivity index (χ2v) is 7.86. The molecule has 150 valence electrons. The van der Waals surface area contributed by atoms with Crippen LogP contribution in [0.1, 0.15) is 38.0 Å². The van der Waals surface area contributed by atoms with Crippen LogP contribution in [0.15, 0.2) is 30.5 Å². The van der Waals surface area contributed by atoms with E-state index in [1.165, 1.54) is 6.07 Å². The summed E-state index contributed by atoms with van der Waals surface area (Å²) in [4.78, 5) is 2.99. The highest BCUT2D eigenvalue weighted by molar-refractivity contribution is 5.98. The van der Waals surface area contributed by atoms with Gasteiger partial charge >= 0.3 is 0 Å². The van der Waals surface area contributed by atoms with Crippen molar-refractivity contribution in [3.05, 3.63) is 59.3 Å². The summed E-state index contributed by atoms with van der Waals surface area (Å²) < 4.78 is 33.0. The molecule has 2 aromatic carbocycles. The Morgan fingerprint density at radius 1 is 1.23 bits per heavy atom. The van der Waals surface area contributed by atoms with Crippen molar-refractivity contribution in [2.24, 2.45) is 0 Å². The van der Waals surface area contributed by atoms with E-state index in [1.54, 1.807) is 29.0 Å². The van der Waals surface area contributed by atoms with E-state index < -0.39 is 17.2 Å². The van der Waals surface area contributed by atoms with E-state index in [4.69, 9.17) is 0 Å². The number of aromatic nitrogens is 4. The van der Waals surface area contributed by atoms with Gasteiger partial charge in [-0.15, -0.1) is 10.2 Å². The molecular weight excluding hydrogens is 386 g/mol. The van der Waals surface area contributed by atoms with E-state index in [1.807, 2.05) is 20.8 Å². The van der Waals surface area contributed by atoms with Crippen LogP contribution in [0.5, 0.6) is 0 Å². The fraction of sp³-hybridized carbons (Fsp3) is 0.227. The zero-order valence-electron chi connectivity index (χ0n) is 16.6. The molecule has 0 aliphatic carbocycles. The Morgan fingerprint density at radius 3 is 2.77 bits per heavy atom. The largest absolute Gasteiger partial charge is 0.371 e. The molecule has 0 unspecified atom stereocenters. The van der Waals surface area contributed by atoms with E-state index in [2.05, 4.69) is 26.6 Å². The van der Waals surface area contributed by atoms with Crippen molar-refractivity contribution in [3.8, 4) is 22.9 Å². The van der Waals surface area contributed by atoms with E-state index in [-0.39, 0.29) is 11.3 Å². The highest BCUT2D eigenvalue weighted by atomic mass is 19.1. The lowest BCUT2D eigenvalue weighted by molar-refractivity contribution is 0.516. The predicted molar refractivity (Wildman–Crippen MR) is 109 cm³/mol. The summed E-state index contributed by atoms with van der Waals surface area (Å²) in [6.07, 6.45) is 2.09. The molecule has 2 N–H and O–H groups in total. The number of para-hydroxylation sites is 1. The number of aryl methyl sites for hydroxylation is 1. The Morgan fingerprint density at radius 2 is 2.03 bits per heavy atom. The van der Waals surface area contributed by atoms with Crippen molar-refractivity contribution in [3.63, 3.8) is 0 Å². The minimum Gasteiger partial charge on any atom is -0.371 e. The number of aromatic amines is 1. The molecule has 8 heteroatoms. The molecule has 0 bridgehead atoms. The summed E-state index contributed by atoms with van der Waals surface area (Å²) in [5.41, 5.74) is 1.02. The van der Waals surface area contributed by atoms with Crippen molar-refractivity contribution < 1.29 is 8.78 Å². The lowest BCUT2D eigenvalue weighted by Crippen LogP contribution is -2.36. The first-order valence-corrected chi connectivity index (χ1v) is 9.63. The summed E-state index contributed by atoms with van der Waals surface area (Å²) in [5.74, 6) is -0.232. The van der Waals surface area contributed by atoms with Gasteiger partial charge in [0.05, 0.1) is 27.9 Å². The Labute approximate surface area is 171 Å². The van der Waals surface area contributed by atoms with Gasteiger partial charge in [-0.05, 0) is 13.8 Å². The molecule has 0 amide bonds. The van der Waals surface area contributed by atoms with E-state index in [0.29, 0.717) is 45.8 Å². The summed E-state index contributed by atoms with van der Waals surface area (Å²) in [5, 5.41) is 21.6. The fourth-order valence-corrected chi connectivity index (χ4v) is 4.20. The van der Waals surface area contributed by atoms with Gasteiger partial charge in [-0.3, -0.25) is 4.57 Å². The number of nitrogens with zero attached hydrogens (tertiary/aromatic N) is 4. The minimum atomic E-state index is -0.704. The number of anilines is 1. The summed E-state index contributed by atoms with van der Waals surface area (Å²) in [6, 6.07) is 8.48. The van der Waals surface area contributed by atoms with Crippen LogP contribution >= 0.6 is 0 Å². The molecule has 6 nitrogen and oxygen atoms in total. The van der Waals surface area contributed by atoms with Gasteiger partial charge in [0.15, 0.2) is 11.6 Å². The zero-order chi connectivity index (χ0) is 21.2. The minimum absolute atomic E-state index is 0.158. The smallest absolute Gasteiger partial charge is 0.162 e. The average Bonchev–Trinajstić information content (AvgIpc) is 3.32. The SMILES string of the molecule is CCc1nnc2n1-c1c(cc(F)c(-c3cccc4c(C#N)c[nH]c34)c1F)NC2(C)C. The second-order valence-electron chi connectivity index (χ2n) is 7.86. The van der Waals surface area contributed by atoms with Crippen molar-refractivity contribution in [1.82, 2.24) is 19.7 Å². The normalized spacial score (nSPS) is 14.1.